The van der Waals surface area contributed by atoms with Crippen LogP contribution in [0.4, 0.5) is 5.69 Å². The first kappa shape index (κ1) is 14.3. The molecule has 106 valence electrons. The fourth-order valence-corrected chi connectivity index (χ4v) is 4.00. The van der Waals surface area contributed by atoms with Gasteiger partial charge in [-0.3, -0.25) is 0 Å². The van der Waals surface area contributed by atoms with Gasteiger partial charge in [0, 0.05) is 19.6 Å². The lowest BCUT2D eigenvalue weighted by molar-refractivity contribution is 0.416. The van der Waals surface area contributed by atoms with Crippen LogP contribution in [0.15, 0.2) is 29.2 Å². The summed E-state index contributed by atoms with van der Waals surface area (Å²) in [6, 6.07) is 7.77. The molecule has 1 aromatic carbocycles. The van der Waals surface area contributed by atoms with Crippen molar-refractivity contribution in [3.63, 3.8) is 0 Å². The third kappa shape index (κ3) is 2.92. The Morgan fingerprint density at radius 1 is 1.26 bits per heavy atom. The number of benzene rings is 1. The summed E-state index contributed by atoms with van der Waals surface area (Å²) in [4.78, 5) is 2.67. The van der Waals surface area contributed by atoms with Gasteiger partial charge in [-0.05, 0) is 25.5 Å². The van der Waals surface area contributed by atoms with Gasteiger partial charge in [-0.15, -0.1) is 0 Å². The maximum atomic E-state index is 12.4. The van der Waals surface area contributed by atoms with Crippen molar-refractivity contribution in [1.82, 2.24) is 5.32 Å². The largest absolute Gasteiger partial charge is 0.365 e. The number of hydrogen-bond donors (Lipinski definition) is 1. The summed E-state index contributed by atoms with van der Waals surface area (Å²) in [7, 11) is -3.18. The number of para-hydroxylation sites is 1. The number of nitrogens with zero attached hydrogens (tertiary/aromatic N) is 1. The van der Waals surface area contributed by atoms with E-state index in [-0.39, 0.29) is 5.75 Å². The number of nitrogens with one attached hydrogen (secondary N) is 1. The predicted molar refractivity (Wildman–Crippen MR) is 78.5 cm³/mol. The zero-order valence-electron chi connectivity index (χ0n) is 11.6. The first-order valence-electron chi connectivity index (χ1n) is 6.89. The van der Waals surface area contributed by atoms with Crippen molar-refractivity contribution in [2.75, 3.05) is 30.3 Å². The molecule has 4 nitrogen and oxygen atoms in total. The summed E-state index contributed by atoms with van der Waals surface area (Å²) in [5.41, 5.74) is 0.852. The van der Waals surface area contributed by atoms with E-state index < -0.39 is 9.84 Å². The van der Waals surface area contributed by atoms with E-state index in [9.17, 15) is 8.42 Å². The van der Waals surface area contributed by atoms with Gasteiger partial charge in [0.25, 0.3) is 0 Å². The third-order valence-electron chi connectivity index (χ3n) is 3.52. The van der Waals surface area contributed by atoms with Crippen LogP contribution in [0.1, 0.15) is 20.3 Å². The molecule has 1 fully saturated rings. The van der Waals surface area contributed by atoms with Crippen molar-refractivity contribution in [1.29, 1.82) is 0 Å². The van der Waals surface area contributed by atoms with Crippen LogP contribution in [0.5, 0.6) is 0 Å². The molecule has 0 aliphatic carbocycles. The smallest absolute Gasteiger partial charge is 0.180 e. The van der Waals surface area contributed by atoms with E-state index in [1.54, 1.807) is 12.1 Å². The third-order valence-corrected chi connectivity index (χ3v) is 5.49. The average Bonchev–Trinajstić information content (AvgIpc) is 2.33. The fourth-order valence-electron chi connectivity index (χ4n) is 2.46. The highest BCUT2D eigenvalue weighted by Crippen LogP contribution is 2.28. The van der Waals surface area contributed by atoms with Gasteiger partial charge in [-0.25, -0.2) is 8.42 Å². The minimum absolute atomic E-state index is 0.213. The van der Waals surface area contributed by atoms with Crippen molar-refractivity contribution in [2.24, 2.45) is 0 Å². The molecule has 0 amide bonds. The van der Waals surface area contributed by atoms with E-state index in [2.05, 4.69) is 17.1 Å². The molecule has 5 heteroatoms. The molecular weight excluding hydrogens is 260 g/mol. The molecule has 19 heavy (non-hydrogen) atoms. The molecule has 1 aromatic rings. The lowest BCUT2D eigenvalue weighted by Gasteiger charge is -2.40. The Balaban J connectivity index is 2.40. The molecule has 1 aliphatic rings. The first-order chi connectivity index (χ1) is 9.10. The number of anilines is 1. The van der Waals surface area contributed by atoms with Crippen molar-refractivity contribution in [3.8, 4) is 0 Å². The summed E-state index contributed by atoms with van der Waals surface area (Å²) in [5, 5.41) is 3.24. The Morgan fingerprint density at radius 2 is 1.95 bits per heavy atom. The Morgan fingerprint density at radius 3 is 2.47 bits per heavy atom. The fraction of sp³-hybridized carbons (Fsp3) is 0.571. The summed E-state index contributed by atoms with van der Waals surface area (Å²) < 4.78 is 24.7. The van der Waals surface area contributed by atoms with Gasteiger partial charge in [0.1, 0.15) is 0 Å². The second-order valence-corrected chi connectivity index (χ2v) is 6.96. The zero-order valence-corrected chi connectivity index (χ0v) is 12.4. The highest BCUT2D eigenvalue weighted by Gasteiger charge is 2.28. The summed E-state index contributed by atoms with van der Waals surface area (Å²) >= 11 is 0. The van der Waals surface area contributed by atoms with Gasteiger partial charge in [0.15, 0.2) is 9.84 Å². The van der Waals surface area contributed by atoms with E-state index in [0.29, 0.717) is 17.4 Å². The Kier molecular flexibility index (Phi) is 4.47. The van der Waals surface area contributed by atoms with Crippen LogP contribution in [0.3, 0.4) is 0 Å². The first-order valence-corrected chi connectivity index (χ1v) is 8.54. The molecule has 2 rings (SSSR count). The normalized spacial score (nSPS) is 16.1. The second-order valence-electron chi connectivity index (χ2n) is 4.88. The maximum Gasteiger partial charge on any atom is 0.180 e. The molecule has 1 N–H and O–H groups in total. The monoisotopic (exact) mass is 282 g/mol. The van der Waals surface area contributed by atoms with Crippen molar-refractivity contribution in [2.45, 2.75) is 31.2 Å². The molecule has 0 spiro atoms. The molecule has 1 heterocycles. The lowest BCUT2D eigenvalue weighted by Crippen LogP contribution is -2.57. The van der Waals surface area contributed by atoms with E-state index in [1.807, 2.05) is 19.1 Å². The zero-order chi connectivity index (χ0) is 13.9. The van der Waals surface area contributed by atoms with Gasteiger partial charge >= 0.3 is 0 Å². The van der Waals surface area contributed by atoms with E-state index >= 15 is 0 Å². The van der Waals surface area contributed by atoms with Crippen molar-refractivity contribution >= 4 is 15.5 Å². The summed E-state index contributed by atoms with van der Waals surface area (Å²) in [6.45, 7) is 6.64. The van der Waals surface area contributed by atoms with E-state index in [4.69, 9.17) is 0 Å². The quantitative estimate of drug-likeness (QED) is 0.862. The molecule has 0 saturated carbocycles. The van der Waals surface area contributed by atoms with Crippen LogP contribution >= 0.6 is 0 Å². The van der Waals surface area contributed by atoms with Gasteiger partial charge < -0.3 is 10.2 Å². The number of sulfone groups is 1. The van der Waals surface area contributed by atoms with Crippen LogP contribution in [0.25, 0.3) is 0 Å². The molecular formula is C14H22N2O2S. The Labute approximate surface area is 115 Å². The molecule has 1 saturated heterocycles. The molecule has 0 bridgehead atoms. The van der Waals surface area contributed by atoms with Crippen molar-refractivity contribution < 1.29 is 8.42 Å². The average molecular weight is 282 g/mol. The highest BCUT2D eigenvalue weighted by atomic mass is 32.2. The van der Waals surface area contributed by atoms with Crippen molar-refractivity contribution in [3.05, 3.63) is 24.3 Å². The van der Waals surface area contributed by atoms with Crippen LogP contribution in [-0.4, -0.2) is 39.8 Å². The highest BCUT2D eigenvalue weighted by molar-refractivity contribution is 7.91. The van der Waals surface area contributed by atoms with Crippen LogP contribution in [-0.2, 0) is 9.84 Å². The van der Waals surface area contributed by atoms with Crippen LogP contribution in [0.2, 0.25) is 0 Å². The van der Waals surface area contributed by atoms with E-state index in [0.717, 1.165) is 25.3 Å². The van der Waals surface area contributed by atoms with E-state index in [1.165, 1.54) is 0 Å². The summed E-state index contributed by atoms with van der Waals surface area (Å²) in [6.07, 6.45) is 0.647. The van der Waals surface area contributed by atoms with Crippen LogP contribution < -0.4 is 10.2 Å². The Bertz CT molecular complexity index is 524. The number of likely N-dealkylation sites (N-methyl/N-ethyl adjacent to an activating group) is 1. The van der Waals surface area contributed by atoms with Gasteiger partial charge in [0.2, 0.25) is 0 Å². The number of hydrogen-bond acceptors (Lipinski definition) is 4. The molecule has 0 aromatic heterocycles. The number of rotatable bonds is 6. The molecule has 1 aliphatic heterocycles. The van der Waals surface area contributed by atoms with Gasteiger partial charge in [0.05, 0.1) is 22.4 Å². The standard InChI is InChI=1S/C14H22N2O2S/c1-3-9-19(17,18)14-8-6-5-7-13(14)16(4-2)12-10-15-11-12/h5-8,12,15H,3-4,9-11H2,1-2H3. The topological polar surface area (TPSA) is 49.4 Å². The minimum Gasteiger partial charge on any atom is -0.365 e. The molecule has 0 atom stereocenters. The lowest BCUT2D eigenvalue weighted by atomic mass is 10.1. The molecule has 0 radical (unpaired) electrons. The second kappa shape index (κ2) is 5.92. The summed E-state index contributed by atoms with van der Waals surface area (Å²) in [5.74, 6) is 0.213. The van der Waals surface area contributed by atoms with Crippen LogP contribution in [0, 0.1) is 0 Å². The predicted octanol–water partition coefficient (Wildman–Crippen LogP) is 1.67. The SMILES string of the molecule is CCCS(=O)(=O)c1ccccc1N(CC)C1CNC1. The maximum absolute atomic E-state index is 12.4. The van der Waals surface area contributed by atoms with Gasteiger partial charge in [-0.2, -0.15) is 0 Å². The van der Waals surface area contributed by atoms with Gasteiger partial charge in [-0.1, -0.05) is 19.1 Å². The minimum atomic E-state index is -3.18. The molecule has 0 unspecified atom stereocenters. The Hall–Kier alpha value is -1.07.